The van der Waals surface area contributed by atoms with Crippen LogP contribution in [0, 0.1) is 23.4 Å². The van der Waals surface area contributed by atoms with Gasteiger partial charge in [0, 0.05) is 13.0 Å². The van der Waals surface area contributed by atoms with Crippen LogP contribution in [0.1, 0.15) is 24.8 Å². The van der Waals surface area contributed by atoms with Gasteiger partial charge in [0.1, 0.15) is 29.3 Å². The fourth-order valence-corrected chi connectivity index (χ4v) is 5.95. The van der Waals surface area contributed by atoms with Gasteiger partial charge >= 0.3 is 0 Å². The van der Waals surface area contributed by atoms with Crippen LogP contribution in [0.25, 0.3) is 11.1 Å². The quantitative estimate of drug-likeness (QED) is 0.591. The number of sulfonamides is 1. The lowest BCUT2D eigenvalue weighted by molar-refractivity contribution is -0.147. The SMILES string of the molecule is O=C([C@@H]1C[C@@]1(F)c1ccc(F)cc1-c1c(F)cccc1F)N1C[C@@H](F)[C@H]1CNS(=O)(=O)C1CC1. The molecule has 5 rings (SSSR count). The Morgan fingerprint density at radius 3 is 2.41 bits per heavy atom. The molecule has 1 amide bonds. The van der Waals surface area contributed by atoms with Gasteiger partial charge in [0.05, 0.1) is 29.3 Å². The molecule has 3 fully saturated rings. The van der Waals surface area contributed by atoms with Gasteiger partial charge < -0.3 is 4.90 Å². The predicted molar refractivity (Wildman–Crippen MR) is 113 cm³/mol. The van der Waals surface area contributed by atoms with Gasteiger partial charge in [-0.25, -0.2) is 35.1 Å². The van der Waals surface area contributed by atoms with E-state index >= 15 is 4.39 Å². The molecule has 1 N–H and O–H groups in total. The van der Waals surface area contributed by atoms with Crippen molar-refractivity contribution in [2.24, 2.45) is 5.92 Å². The molecule has 0 spiro atoms. The highest BCUT2D eigenvalue weighted by molar-refractivity contribution is 7.90. The number of nitrogens with one attached hydrogen (secondary N) is 1. The summed E-state index contributed by atoms with van der Waals surface area (Å²) < 4.78 is 99.1. The number of hydrogen-bond donors (Lipinski definition) is 1. The van der Waals surface area contributed by atoms with Crippen LogP contribution >= 0.6 is 0 Å². The molecular formula is C23H21F5N2O3S. The molecule has 3 aliphatic rings. The summed E-state index contributed by atoms with van der Waals surface area (Å²) in [6, 6.07) is 4.78. The van der Waals surface area contributed by atoms with Crippen LogP contribution in [0.4, 0.5) is 22.0 Å². The maximum absolute atomic E-state index is 15.9. The number of amides is 1. The molecule has 2 aromatic carbocycles. The topological polar surface area (TPSA) is 66.5 Å². The molecular weight excluding hydrogens is 479 g/mol. The van der Waals surface area contributed by atoms with Crippen LogP contribution in [0.2, 0.25) is 0 Å². The van der Waals surface area contributed by atoms with Gasteiger partial charge in [0.2, 0.25) is 15.9 Å². The van der Waals surface area contributed by atoms with E-state index in [-0.39, 0.29) is 30.6 Å². The standard InChI is InChI=1S/C23H21F5N2O3S/c24-12-4-7-15(14(8-12)21-17(25)2-1-3-18(21)26)23(28)9-16(23)22(31)30-11-19(27)20(30)10-29-34(32,33)13-5-6-13/h1-4,7-8,13,16,19-20,29H,5-6,9-11H2/t16-,19+,20+,23+/m0/s1. The molecule has 0 bridgehead atoms. The second kappa shape index (κ2) is 8.01. The Bertz CT molecular complexity index is 1250. The molecule has 1 saturated heterocycles. The fraction of sp³-hybridized carbons (Fsp3) is 0.435. The largest absolute Gasteiger partial charge is 0.332 e. The molecule has 5 nitrogen and oxygen atoms in total. The maximum Gasteiger partial charge on any atom is 0.229 e. The van der Waals surface area contributed by atoms with E-state index in [1.807, 2.05) is 0 Å². The monoisotopic (exact) mass is 500 g/mol. The number of halogens is 5. The average Bonchev–Trinajstić information content (AvgIpc) is 3.67. The molecule has 2 aromatic rings. The van der Waals surface area contributed by atoms with Crippen LogP contribution in [0.3, 0.4) is 0 Å². The molecule has 34 heavy (non-hydrogen) atoms. The van der Waals surface area contributed by atoms with Crippen LogP contribution in [-0.2, 0) is 20.5 Å². The molecule has 4 atom stereocenters. The van der Waals surface area contributed by atoms with Crippen molar-refractivity contribution in [2.45, 2.75) is 42.4 Å². The third-order valence-electron chi connectivity index (χ3n) is 6.78. The van der Waals surface area contributed by atoms with Gasteiger partial charge in [-0.3, -0.25) is 4.79 Å². The highest BCUT2D eigenvalue weighted by Gasteiger charge is 2.64. The summed E-state index contributed by atoms with van der Waals surface area (Å²) in [7, 11) is -3.59. The Morgan fingerprint density at radius 2 is 1.79 bits per heavy atom. The van der Waals surface area contributed by atoms with Crippen molar-refractivity contribution in [1.29, 1.82) is 0 Å². The van der Waals surface area contributed by atoms with Crippen molar-refractivity contribution in [3.63, 3.8) is 0 Å². The minimum absolute atomic E-state index is 0.237. The molecule has 0 unspecified atom stereocenters. The van der Waals surface area contributed by atoms with Gasteiger partial charge in [0.25, 0.3) is 0 Å². The zero-order valence-corrected chi connectivity index (χ0v) is 18.6. The Labute approximate surface area is 193 Å². The number of rotatable bonds is 7. The molecule has 0 aromatic heterocycles. The molecule has 0 radical (unpaired) electrons. The first kappa shape index (κ1) is 23.2. The molecule has 1 aliphatic heterocycles. The molecule has 182 valence electrons. The second-order valence-electron chi connectivity index (χ2n) is 9.07. The lowest BCUT2D eigenvalue weighted by atomic mass is 9.92. The van der Waals surface area contributed by atoms with Crippen LogP contribution < -0.4 is 4.72 Å². The normalized spacial score (nSPS) is 28.5. The van der Waals surface area contributed by atoms with Gasteiger partial charge in [-0.05, 0) is 48.2 Å². The third kappa shape index (κ3) is 3.88. The minimum Gasteiger partial charge on any atom is -0.332 e. The number of nitrogens with zero attached hydrogens (tertiary/aromatic N) is 1. The van der Waals surface area contributed by atoms with Gasteiger partial charge in [0.15, 0.2) is 0 Å². The highest BCUT2D eigenvalue weighted by atomic mass is 32.2. The first-order chi connectivity index (χ1) is 16.0. The van der Waals surface area contributed by atoms with Gasteiger partial charge in [-0.15, -0.1) is 0 Å². The number of hydrogen-bond acceptors (Lipinski definition) is 3. The number of alkyl halides is 2. The van der Waals surface area contributed by atoms with Crippen molar-refractivity contribution < 1.29 is 35.2 Å². The van der Waals surface area contributed by atoms with Crippen molar-refractivity contribution in [1.82, 2.24) is 9.62 Å². The average molecular weight is 500 g/mol. The second-order valence-corrected chi connectivity index (χ2v) is 11.1. The molecule has 1 heterocycles. The summed E-state index contributed by atoms with van der Waals surface area (Å²) in [4.78, 5) is 14.1. The summed E-state index contributed by atoms with van der Waals surface area (Å²) in [6.45, 7) is -0.626. The Hall–Kier alpha value is -2.53. The zero-order chi connectivity index (χ0) is 24.4. The summed E-state index contributed by atoms with van der Waals surface area (Å²) in [5.74, 6) is -4.84. The number of benzene rings is 2. The molecule has 11 heteroatoms. The van der Waals surface area contributed by atoms with Gasteiger partial charge in [-0.1, -0.05) is 12.1 Å². The van der Waals surface area contributed by atoms with Crippen molar-refractivity contribution >= 4 is 15.9 Å². The van der Waals surface area contributed by atoms with Crippen LogP contribution in [0.5, 0.6) is 0 Å². The smallest absolute Gasteiger partial charge is 0.229 e. The maximum atomic E-state index is 15.9. The third-order valence-corrected chi connectivity index (χ3v) is 8.70. The van der Waals surface area contributed by atoms with E-state index in [0.29, 0.717) is 12.8 Å². The van der Waals surface area contributed by atoms with Crippen molar-refractivity contribution in [3.05, 3.63) is 59.4 Å². The first-order valence-corrected chi connectivity index (χ1v) is 12.4. The van der Waals surface area contributed by atoms with E-state index in [1.165, 1.54) is 0 Å². The summed E-state index contributed by atoms with van der Waals surface area (Å²) in [5.41, 5.74) is -3.50. The Morgan fingerprint density at radius 1 is 1.12 bits per heavy atom. The van der Waals surface area contributed by atoms with E-state index in [0.717, 1.165) is 41.3 Å². The Balaban J connectivity index is 1.37. The zero-order valence-electron chi connectivity index (χ0n) is 17.8. The minimum atomic E-state index is -3.59. The molecule has 2 aliphatic carbocycles. The lowest BCUT2D eigenvalue weighted by Gasteiger charge is -2.44. The predicted octanol–water partition coefficient (Wildman–Crippen LogP) is 3.59. The first-order valence-electron chi connectivity index (χ1n) is 10.9. The summed E-state index contributed by atoms with van der Waals surface area (Å²) >= 11 is 0. The van der Waals surface area contributed by atoms with E-state index in [9.17, 15) is 30.8 Å². The summed E-state index contributed by atoms with van der Waals surface area (Å²) in [5, 5.41) is -0.507. The summed E-state index contributed by atoms with van der Waals surface area (Å²) in [6.07, 6.45) is -0.741. The van der Waals surface area contributed by atoms with Crippen molar-refractivity contribution in [3.8, 4) is 11.1 Å². The van der Waals surface area contributed by atoms with Gasteiger partial charge in [-0.2, -0.15) is 0 Å². The number of likely N-dealkylation sites (tertiary alicyclic amines) is 1. The van der Waals surface area contributed by atoms with E-state index in [2.05, 4.69) is 4.72 Å². The molecule has 2 saturated carbocycles. The Kier molecular flexibility index (Phi) is 5.47. The van der Waals surface area contributed by atoms with Crippen LogP contribution in [-0.4, -0.2) is 49.8 Å². The van der Waals surface area contributed by atoms with Crippen LogP contribution in [0.15, 0.2) is 36.4 Å². The fourth-order valence-electron chi connectivity index (χ4n) is 4.55. The van der Waals surface area contributed by atoms with E-state index in [1.54, 1.807) is 0 Å². The number of carbonyl (C=O) groups excluding carboxylic acids is 1. The van der Waals surface area contributed by atoms with Crippen molar-refractivity contribution in [2.75, 3.05) is 13.1 Å². The lowest BCUT2D eigenvalue weighted by Crippen LogP contribution is -2.64. The number of carbonyl (C=O) groups is 1. The van der Waals surface area contributed by atoms with E-state index < -0.39 is 68.0 Å². The van der Waals surface area contributed by atoms with E-state index in [4.69, 9.17) is 0 Å². The highest BCUT2D eigenvalue weighted by Crippen LogP contribution is 2.59.